The van der Waals surface area contributed by atoms with Crippen LogP contribution in [0.5, 0.6) is 0 Å². The van der Waals surface area contributed by atoms with Crippen LogP contribution in [-0.2, 0) is 4.74 Å². The van der Waals surface area contributed by atoms with Gasteiger partial charge in [0.1, 0.15) is 0 Å². The molecule has 0 amide bonds. The summed E-state index contributed by atoms with van der Waals surface area (Å²) in [7, 11) is 0. The van der Waals surface area contributed by atoms with Crippen LogP contribution in [0.2, 0.25) is 0 Å². The molecule has 0 saturated heterocycles. The molecule has 0 unspecified atom stereocenters. The molecule has 0 spiro atoms. The van der Waals surface area contributed by atoms with E-state index in [0.29, 0.717) is 12.8 Å². The van der Waals surface area contributed by atoms with Crippen molar-refractivity contribution in [2.75, 3.05) is 13.2 Å². The van der Waals surface area contributed by atoms with Gasteiger partial charge < -0.3 is 16.2 Å². The summed E-state index contributed by atoms with van der Waals surface area (Å²) < 4.78 is 43.4. The molecule has 1 rings (SSSR count). The van der Waals surface area contributed by atoms with Gasteiger partial charge in [-0.1, -0.05) is 0 Å². The number of rotatable bonds is 3. The van der Waals surface area contributed by atoms with E-state index in [4.69, 9.17) is 16.2 Å². The number of nitrogens with two attached hydrogens (primary N) is 2. The van der Waals surface area contributed by atoms with Gasteiger partial charge in [-0.2, -0.15) is 13.2 Å². The lowest BCUT2D eigenvalue weighted by molar-refractivity contribution is -0.287. The van der Waals surface area contributed by atoms with E-state index in [0.717, 1.165) is 0 Å². The van der Waals surface area contributed by atoms with Gasteiger partial charge in [-0.05, 0) is 25.7 Å². The molecule has 1 saturated carbocycles. The number of halogens is 3. The average molecular weight is 226 g/mol. The van der Waals surface area contributed by atoms with Crippen LogP contribution in [0, 0.1) is 0 Å². The first kappa shape index (κ1) is 12.7. The predicted molar refractivity (Wildman–Crippen MR) is 50.2 cm³/mol. The summed E-state index contributed by atoms with van der Waals surface area (Å²) in [4.78, 5) is 0. The predicted octanol–water partition coefficient (Wildman–Crippen LogP) is 1.16. The lowest BCUT2D eigenvalue weighted by Gasteiger charge is -2.40. The van der Waals surface area contributed by atoms with Crippen molar-refractivity contribution in [2.45, 2.75) is 43.5 Å². The summed E-state index contributed by atoms with van der Waals surface area (Å²) in [5.41, 5.74) is 8.73. The fourth-order valence-corrected chi connectivity index (χ4v) is 1.87. The minimum Gasteiger partial charge on any atom is -0.364 e. The lowest BCUT2D eigenvalue weighted by atomic mass is 9.81. The summed E-state index contributed by atoms with van der Waals surface area (Å²) in [5.74, 6) is 0. The van der Waals surface area contributed by atoms with E-state index in [9.17, 15) is 13.2 Å². The van der Waals surface area contributed by atoms with Crippen molar-refractivity contribution in [3.63, 3.8) is 0 Å². The van der Waals surface area contributed by atoms with Crippen molar-refractivity contribution >= 4 is 0 Å². The van der Waals surface area contributed by atoms with Gasteiger partial charge in [-0.15, -0.1) is 0 Å². The van der Waals surface area contributed by atoms with E-state index in [1.807, 2.05) is 0 Å². The number of hydrogen-bond acceptors (Lipinski definition) is 3. The summed E-state index contributed by atoms with van der Waals surface area (Å²) in [5, 5.41) is 0. The maximum Gasteiger partial charge on any atom is 0.417 e. The van der Waals surface area contributed by atoms with Crippen molar-refractivity contribution in [1.82, 2.24) is 0 Å². The molecule has 0 aromatic carbocycles. The van der Waals surface area contributed by atoms with E-state index < -0.39 is 11.8 Å². The lowest BCUT2D eigenvalue weighted by Crippen LogP contribution is -2.52. The Kier molecular flexibility index (Phi) is 3.97. The van der Waals surface area contributed by atoms with Crippen LogP contribution in [0.1, 0.15) is 25.7 Å². The highest BCUT2D eigenvalue weighted by Gasteiger charge is 2.56. The zero-order chi connectivity index (χ0) is 11.5. The fraction of sp³-hybridized carbons (Fsp3) is 1.00. The minimum atomic E-state index is -4.33. The Morgan fingerprint density at radius 1 is 1.27 bits per heavy atom. The molecule has 0 bridgehead atoms. The van der Waals surface area contributed by atoms with Crippen LogP contribution in [0.15, 0.2) is 0 Å². The fourth-order valence-electron chi connectivity index (χ4n) is 1.87. The van der Waals surface area contributed by atoms with Crippen LogP contribution >= 0.6 is 0 Å². The summed E-state index contributed by atoms with van der Waals surface area (Å²) in [6.45, 7) is 0.0403. The highest BCUT2D eigenvalue weighted by Crippen LogP contribution is 2.43. The van der Waals surface area contributed by atoms with Gasteiger partial charge in [-0.3, -0.25) is 0 Å². The van der Waals surface area contributed by atoms with E-state index in [-0.39, 0.29) is 32.0 Å². The molecule has 0 atom stereocenters. The quantitative estimate of drug-likeness (QED) is 0.759. The molecule has 15 heavy (non-hydrogen) atoms. The zero-order valence-electron chi connectivity index (χ0n) is 8.52. The van der Waals surface area contributed by atoms with Gasteiger partial charge in [-0.25, -0.2) is 0 Å². The third-order valence-corrected chi connectivity index (χ3v) is 2.85. The smallest absolute Gasteiger partial charge is 0.364 e. The van der Waals surface area contributed by atoms with Crippen LogP contribution < -0.4 is 11.5 Å². The third kappa shape index (κ3) is 2.83. The molecule has 1 fully saturated rings. The highest BCUT2D eigenvalue weighted by atomic mass is 19.4. The van der Waals surface area contributed by atoms with Crippen LogP contribution in [0.25, 0.3) is 0 Å². The Hall–Kier alpha value is -0.330. The summed E-state index contributed by atoms with van der Waals surface area (Å²) in [6, 6.07) is -0.137. The third-order valence-electron chi connectivity index (χ3n) is 2.85. The van der Waals surface area contributed by atoms with Crippen LogP contribution in [-0.4, -0.2) is 31.0 Å². The molecule has 0 heterocycles. The van der Waals surface area contributed by atoms with Gasteiger partial charge in [0.05, 0.1) is 6.61 Å². The first-order valence-corrected chi connectivity index (χ1v) is 5.07. The van der Waals surface area contributed by atoms with Crippen LogP contribution in [0.3, 0.4) is 0 Å². The molecule has 0 aliphatic heterocycles. The molecule has 4 N–H and O–H groups in total. The number of alkyl halides is 3. The maximum absolute atomic E-state index is 12.8. The molecular formula is C9H17F3N2O. The molecule has 0 aromatic rings. The Balaban J connectivity index is 2.69. The molecule has 90 valence electrons. The van der Waals surface area contributed by atoms with E-state index >= 15 is 0 Å². The van der Waals surface area contributed by atoms with E-state index in [1.54, 1.807) is 0 Å². The molecule has 6 heteroatoms. The Morgan fingerprint density at radius 3 is 2.20 bits per heavy atom. The Bertz CT molecular complexity index is 195. The second-order valence-electron chi connectivity index (χ2n) is 3.97. The Morgan fingerprint density at radius 2 is 1.80 bits per heavy atom. The SMILES string of the molecule is NCCOC1(C(F)(F)F)CCC(N)CC1. The summed E-state index contributed by atoms with van der Waals surface area (Å²) in [6.07, 6.45) is -3.74. The molecule has 1 aliphatic carbocycles. The zero-order valence-corrected chi connectivity index (χ0v) is 8.52. The van der Waals surface area contributed by atoms with E-state index in [1.165, 1.54) is 0 Å². The van der Waals surface area contributed by atoms with Crippen molar-refractivity contribution in [2.24, 2.45) is 11.5 Å². The minimum absolute atomic E-state index is 0.0579. The first-order chi connectivity index (χ1) is 6.91. The van der Waals surface area contributed by atoms with Crippen molar-refractivity contribution in [3.05, 3.63) is 0 Å². The molecule has 1 aliphatic rings. The largest absolute Gasteiger partial charge is 0.417 e. The average Bonchev–Trinajstić information content (AvgIpc) is 2.16. The second-order valence-corrected chi connectivity index (χ2v) is 3.97. The summed E-state index contributed by atoms with van der Waals surface area (Å²) >= 11 is 0. The highest BCUT2D eigenvalue weighted by molar-refractivity contribution is 4.94. The van der Waals surface area contributed by atoms with Crippen molar-refractivity contribution in [3.8, 4) is 0 Å². The standard InChI is InChI=1S/C9H17F3N2O/c10-9(11,12)8(15-6-5-13)3-1-7(14)2-4-8/h7H,1-6,13-14H2. The monoisotopic (exact) mass is 226 g/mol. The number of hydrogen-bond donors (Lipinski definition) is 2. The second kappa shape index (κ2) is 4.67. The van der Waals surface area contributed by atoms with Crippen LogP contribution in [0.4, 0.5) is 13.2 Å². The molecule has 3 nitrogen and oxygen atoms in total. The Labute approximate surface area is 86.9 Å². The van der Waals surface area contributed by atoms with Gasteiger partial charge >= 0.3 is 6.18 Å². The maximum atomic E-state index is 12.8. The molecule has 0 aromatic heterocycles. The van der Waals surface area contributed by atoms with E-state index in [2.05, 4.69) is 0 Å². The van der Waals surface area contributed by atoms with Crippen molar-refractivity contribution in [1.29, 1.82) is 0 Å². The molecule has 0 radical (unpaired) electrons. The van der Waals surface area contributed by atoms with Gasteiger partial charge in [0.2, 0.25) is 0 Å². The van der Waals surface area contributed by atoms with Crippen molar-refractivity contribution < 1.29 is 17.9 Å². The van der Waals surface area contributed by atoms with Gasteiger partial charge in [0, 0.05) is 12.6 Å². The molecular weight excluding hydrogens is 209 g/mol. The number of ether oxygens (including phenoxy) is 1. The topological polar surface area (TPSA) is 61.3 Å². The first-order valence-electron chi connectivity index (χ1n) is 5.07. The van der Waals surface area contributed by atoms with Gasteiger partial charge in [0.25, 0.3) is 0 Å². The van der Waals surface area contributed by atoms with Gasteiger partial charge in [0.15, 0.2) is 5.60 Å². The normalized spacial score (nSPS) is 33.0.